The highest BCUT2D eigenvalue weighted by Gasteiger charge is 2.28. The maximum absolute atomic E-state index is 7.85. The number of rotatable bonds is 2. The fourth-order valence-electron chi connectivity index (χ4n) is 1.35. The first kappa shape index (κ1) is 8.57. The van der Waals surface area contributed by atoms with Crippen LogP contribution in [0.25, 0.3) is 0 Å². The van der Waals surface area contributed by atoms with Crippen LogP contribution in [0.2, 0.25) is 5.02 Å². The summed E-state index contributed by atoms with van der Waals surface area (Å²) in [6.45, 7) is 0. The third-order valence-electron chi connectivity index (χ3n) is 2.29. The first-order valence-corrected chi connectivity index (χ1v) is 4.70. The van der Waals surface area contributed by atoms with Gasteiger partial charge in [-0.1, -0.05) is 11.6 Å². The van der Waals surface area contributed by atoms with Crippen LogP contribution < -0.4 is 5.73 Å². The van der Waals surface area contributed by atoms with Gasteiger partial charge in [0.2, 0.25) is 0 Å². The van der Waals surface area contributed by atoms with Gasteiger partial charge in [0.25, 0.3) is 0 Å². The van der Waals surface area contributed by atoms with E-state index in [2.05, 4.69) is 0 Å². The van der Waals surface area contributed by atoms with Crippen molar-refractivity contribution in [3.8, 4) is 0 Å². The topological polar surface area (TPSA) is 49.9 Å². The minimum atomic E-state index is 0.417. The van der Waals surface area contributed by atoms with Crippen LogP contribution in [0.3, 0.4) is 0 Å². The standard InChI is InChI=1S/C10H11ClN2/c11-7-3-4-9(12)8(5-7)10(13)6-1-2-6/h3-6,13H,1-2,12H2. The Labute approximate surface area is 82.2 Å². The van der Waals surface area contributed by atoms with E-state index in [-0.39, 0.29) is 0 Å². The molecule has 0 heterocycles. The Morgan fingerprint density at radius 2 is 2.15 bits per heavy atom. The summed E-state index contributed by atoms with van der Waals surface area (Å²) < 4.78 is 0. The SMILES string of the molecule is N=C(c1cc(Cl)ccc1N)C1CC1. The molecule has 3 heteroatoms. The molecular formula is C10H11ClN2. The molecule has 1 aliphatic rings. The lowest BCUT2D eigenvalue weighted by molar-refractivity contribution is 1.16. The number of anilines is 1. The number of nitrogens with one attached hydrogen (secondary N) is 1. The van der Waals surface area contributed by atoms with Gasteiger partial charge in [0, 0.05) is 27.9 Å². The maximum Gasteiger partial charge on any atom is 0.0438 e. The first-order valence-electron chi connectivity index (χ1n) is 4.32. The summed E-state index contributed by atoms with van der Waals surface area (Å²) in [5, 5.41) is 8.49. The first-order chi connectivity index (χ1) is 6.18. The molecule has 2 nitrogen and oxygen atoms in total. The van der Waals surface area contributed by atoms with Gasteiger partial charge in [-0.15, -0.1) is 0 Å². The van der Waals surface area contributed by atoms with Crippen LogP contribution in [-0.2, 0) is 0 Å². The zero-order chi connectivity index (χ0) is 9.42. The Kier molecular flexibility index (Phi) is 2.00. The smallest absolute Gasteiger partial charge is 0.0438 e. The minimum Gasteiger partial charge on any atom is -0.398 e. The number of benzene rings is 1. The Balaban J connectivity index is 2.37. The molecular weight excluding hydrogens is 184 g/mol. The molecule has 0 bridgehead atoms. The average molecular weight is 195 g/mol. The number of hydrogen-bond donors (Lipinski definition) is 2. The lowest BCUT2D eigenvalue weighted by atomic mass is 10.0. The highest BCUT2D eigenvalue weighted by atomic mass is 35.5. The highest BCUT2D eigenvalue weighted by molar-refractivity contribution is 6.31. The molecule has 2 rings (SSSR count). The van der Waals surface area contributed by atoms with Crippen molar-refractivity contribution in [1.29, 1.82) is 5.41 Å². The fourth-order valence-corrected chi connectivity index (χ4v) is 1.53. The largest absolute Gasteiger partial charge is 0.398 e. The second-order valence-corrected chi connectivity index (χ2v) is 3.86. The van der Waals surface area contributed by atoms with Crippen LogP contribution in [0.15, 0.2) is 18.2 Å². The van der Waals surface area contributed by atoms with Gasteiger partial charge in [-0.2, -0.15) is 0 Å². The van der Waals surface area contributed by atoms with Crippen LogP contribution >= 0.6 is 11.6 Å². The minimum absolute atomic E-state index is 0.417. The zero-order valence-corrected chi connectivity index (χ0v) is 7.93. The van der Waals surface area contributed by atoms with Crippen molar-refractivity contribution in [2.75, 3.05) is 5.73 Å². The fraction of sp³-hybridized carbons (Fsp3) is 0.300. The van der Waals surface area contributed by atoms with E-state index in [0.717, 1.165) is 18.4 Å². The van der Waals surface area contributed by atoms with Crippen LogP contribution in [0, 0.1) is 11.3 Å². The van der Waals surface area contributed by atoms with E-state index in [1.807, 2.05) is 0 Å². The molecule has 0 unspecified atom stereocenters. The molecule has 68 valence electrons. The maximum atomic E-state index is 7.85. The van der Waals surface area contributed by atoms with Gasteiger partial charge < -0.3 is 11.1 Å². The predicted octanol–water partition coefficient (Wildman–Crippen LogP) is 2.70. The molecule has 0 saturated heterocycles. The lowest BCUT2D eigenvalue weighted by Gasteiger charge is -2.06. The van der Waals surface area contributed by atoms with Gasteiger partial charge in [0.15, 0.2) is 0 Å². The van der Waals surface area contributed by atoms with Crippen molar-refractivity contribution in [1.82, 2.24) is 0 Å². The Morgan fingerprint density at radius 3 is 2.77 bits per heavy atom. The number of hydrogen-bond acceptors (Lipinski definition) is 2. The molecule has 13 heavy (non-hydrogen) atoms. The average Bonchev–Trinajstić information content (AvgIpc) is 2.91. The van der Waals surface area contributed by atoms with Gasteiger partial charge in [0.05, 0.1) is 0 Å². The van der Waals surface area contributed by atoms with Crippen LogP contribution in [-0.4, -0.2) is 5.71 Å². The van der Waals surface area contributed by atoms with Gasteiger partial charge >= 0.3 is 0 Å². The van der Waals surface area contributed by atoms with E-state index in [4.69, 9.17) is 22.7 Å². The summed E-state index contributed by atoms with van der Waals surface area (Å²) in [6, 6.07) is 5.28. The van der Waals surface area contributed by atoms with Crippen LogP contribution in [0.1, 0.15) is 18.4 Å². The van der Waals surface area contributed by atoms with Gasteiger partial charge in [-0.05, 0) is 31.0 Å². The summed E-state index contributed by atoms with van der Waals surface area (Å²) in [7, 11) is 0. The Bertz CT molecular complexity index is 356. The van der Waals surface area contributed by atoms with Crippen LogP contribution in [0.5, 0.6) is 0 Å². The molecule has 0 atom stereocenters. The Hall–Kier alpha value is -1.02. The molecule has 0 spiro atoms. The molecule has 0 aromatic heterocycles. The zero-order valence-electron chi connectivity index (χ0n) is 7.18. The van der Waals surface area contributed by atoms with E-state index >= 15 is 0 Å². The third kappa shape index (κ3) is 1.68. The molecule has 1 aromatic rings. The summed E-state index contributed by atoms with van der Waals surface area (Å²) in [6.07, 6.45) is 2.23. The normalized spacial score (nSPS) is 15.8. The molecule has 0 aliphatic heterocycles. The summed E-state index contributed by atoms with van der Waals surface area (Å²) >= 11 is 5.83. The monoisotopic (exact) mass is 194 g/mol. The number of halogens is 1. The summed E-state index contributed by atoms with van der Waals surface area (Å²) in [5.41, 5.74) is 7.85. The van der Waals surface area contributed by atoms with Gasteiger partial charge in [0.1, 0.15) is 0 Å². The molecule has 0 radical (unpaired) electrons. The lowest BCUT2D eigenvalue weighted by Crippen LogP contribution is -2.05. The van der Waals surface area contributed by atoms with Crippen molar-refractivity contribution >= 4 is 23.0 Å². The summed E-state index contributed by atoms with van der Waals surface area (Å²) in [5.74, 6) is 0.417. The molecule has 3 N–H and O–H groups in total. The van der Waals surface area contributed by atoms with Crippen molar-refractivity contribution < 1.29 is 0 Å². The highest BCUT2D eigenvalue weighted by Crippen LogP contribution is 2.34. The van der Waals surface area contributed by atoms with E-state index in [1.54, 1.807) is 18.2 Å². The molecule has 0 amide bonds. The Morgan fingerprint density at radius 1 is 1.46 bits per heavy atom. The van der Waals surface area contributed by atoms with Crippen molar-refractivity contribution in [2.45, 2.75) is 12.8 Å². The van der Waals surface area contributed by atoms with Crippen molar-refractivity contribution in [3.05, 3.63) is 28.8 Å². The van der Waals surface area contributed by atoms with E-state index in [1.165, 1.54) is 0 Å². The van der Waals surface area contributed by atoms with Crippen LogP contribution in [0.4, 0.5) is 5.69 Å². The van der Waals surface area contributed by atoms with E-state index in [0.29, 0.717) is 22.3 Å². The van der Waals surface area contributed by atoms with Gasteiger partial charge in [-0.25, -0.2) is 0 Å². The molecule has 1 aromatic carbocycles. The van der Waals surface area contributed by atoms with Crippen molar-refractivity contribution in [3.63, 3.8) is 0 Å². The van der Waals surface area contributed by atoms with E-state index < -0.39 is 0 Å². The number of nitrogens with two attached hydrogens (primary N) is 1. The molecule has 1 aliphatic carbocycles. The van der Waals surface area contributed by atoms with Gasteiger partial charge in [-0.3, -0.25) is 0 Å². The second kappa shape index (κ2) is 3.04. The second-order valence-electron chi connectivity index (χ2n) is 3.42. The third-order valence-corrected chi connectivity index (χ3v) is 2.53. The quantitative estimate of drug-likeness (QED) is 0.552. The predicted molar refractivity (Wildman–Crippen MR) is 55.4 cm³/mol. The molecule has 1 saturated carbocycles. The molecule has 1 fully saturated rings. The van der Waals surface area contributed by atoms with Crippen molar-refractivity contribution in [2.24, 2.45) is 5.92 Å². The van der Waals surface area contributed by atoms with E-state index in [9.17, 15) is 0 Å². The summed E-state index contributed by atoms with van der Waals surface area (Å²) in [4.78, 5) is 0. The number of nitrogen functional groups attached to an aromatic ring is 1.